The van der Waals surface area contributed by atoms with Crippen molar-refractivity contribution in [3.63, 3.8) is 0 Å². The number of H-pyrrole nitrogens is 1. The van der Waals surface area contributed by atoms with Gasteiger partial charge in [-0.1, -0.05) is 29.4 Å². The second-order valence-corrected chi connectivity index (χ2v) is 6.83. The predicted octanol–water partition coefficient (Wildman–Crippen LogP) is 0.0353. The fourth-order valence-electron chi connectivity index (χ4n) is 2.35. The molecular weight excluding hydrogens is 398 g/mol. The number of tetrazole rings is 1. The number of aromatic amines is 1. The highest BCUT2D eigenvalue weighted by molar-refractivity contribution is 5.93. The van der Waals surface area contributed by atoms with Gasteiger partial charge in [-0.25, -0.2) is 0 Å². The van der Waals surface area contributed by atoms with Crippen LogP contribution in [0.25, 0.3) is 0 Å². The lowest BCUT2D eigenvalue weighted by Crippen LogP contribution is -2.35. The first kappa shape index (κ1) is 25.7. The second kappa shape index (κ2) is 14.6. The summed E-state index contributed by atoms with van der Waals surface area (Å²) in [6.07, 6.45) is 2.22. The van der Waals surface area contributed by atoms with E-state index in [1.54, 1.807) is 13.8 Å². The summed E-state index contributed by atoms with van der Waals surface area (Å²) in [5.41, 5.74) is 24.3. The van der Waals surface area contributed by atoms with Crippen molar-refractivity contribution in [1.29, 1.82) is 0 Å². The lowest BCUT2D eigenvalue weighted by Gasteiger charge is -2.09. The molecule has 10 N–H and O–H groups in total. The Balaban J connectivity index is 0.000000327. The van der Waals surface area contributed by atoms with Crippen LogP contribution < -0.4 is 28.3 Å². The number of carbonyl (C=O) groups is 1. The molecule has 31 heavy (non-hydrogen) atoms. The van der Waals surface area contributed by atoms with Crippen molar-refractivity contribution in [2.45, 2.75) is 52.2 Å². The van der Waals surface area contributed by atoms with Crippen LogP contribution in [-0.2, 0) is 17.9 Å². The number of benzene rings is 1. The van der Waals surface area contributed by atoms with Gasteiger partial charge < -0.3 is 22.9 Å². The molecule has 0 bridgehead atoms. The highest BCUT2D eigenvalue weighted by atomic mass is 16.2. The molecule has 12 heteroatoms. The van der Waals surface area contributed by atoms with Gasteiger partial charge in [0, 0.05) is 13.1 Å². The molecule has 0 spiro atoms. The van der Waals surface area contributed by atoms with Gasteiger partial charge in [0.1, 0.15) is 0 Å². The third kappa shape index (κ3) is 12.0. The number of amides is 1. The van der Waals surface area contributed by atoms with Gasteiger partial charge in [0.05, 0.1) is 24.3 Å². The molecule has 170 valence electrons. The highest BCUT2D eigenvalue weighted by Gasteiger charge is 2.14. The number of nitrogens with two attached hydrogens (primary N) is 4. The van der Waals surface area contributed by atoms with Crippen LogP contribution in [0.5, 0.6) is 0 Å². The van der Waals surface area contributed by atoms with Crippen molar-refractivity contribution in [3.05, 3.63) is 35.4 Å². The van der Waals surface area contributed by atoms with Crippen LogP contribution in [0.1, 0.15) is 44.2 Å². The molecule has 2 aromatic rings. The summed E-state index contributed by atoms with van der Waals surface area (Å²) in [6.45, 7) is 5.38. The van der Waals surface area contributed by atoms with Gasteiger partial charge >= 0.3 is 0 Å². The summed E-state index contributed by atoms with van der Waals surface area (Å²) in [7, 11) is 0. The zero-order valence-electron chi connectivity index (χ0n) is 18.1. The highest BCUT2D eigenvalue weighted by Crippen LogP contribution is 2.05. The van der Waals surface area contributed by atoms with E-state index in [2.05, 4.69) is 35.9 Å². The van der Waals surface area contributed by atoms with E-state index in [9.17, 15) is 4.79 Å². The van der Waals surface area contributed by atoms with Crippen LogP contribution in [0.3, 0.4) is 0 Å². The van der Waals surface area contributed by atoms with Crippen LogP contribution in [0.15, 0.2) is 34.3 Å². The molecule has 0 saturated heterocycles. The van der Waals surface area contributed by atoms with Crippen LogP contribution in [-0.4, -0.2) is 50.8 Å². The molecule has 12 nitrogen and oxygen atoms in total. The van der Waals surface area contributed by atoms with Crippen molar-refractivity contribution < 1.29 is 4.79 Å². The maximum absolute atomic E-state index is 11.6. The Kier molecular flexibility index (Phi) is 12.1. The van der Waals surface area contributed by atoms with Crippen LogP contribution in [0.4, 0.5) is 5.95 Å². The number of carbonyl (C=O) groups excluding carboxylic acids is 1. The van der Waals surface area contributed by atoms with Gasteiger partial charge in [0.25, 0.3) is 5.95 Å². The molecule has 0 aliphatic rings. The molecule has 1 heterocycles. The van der Waals surface area contributed by atoms with E-state index in [1.165, 1.54) is 0 Å². The molecule has 1 atom stereocenters. The number of aromatic nitrogens is 4. The lowest BCUT2D eigenvalue weighted by atomic mass is 10.1. The first-order chi connectivity index (χ1) is 14.8. The number of amidine groups is 2. The number of rotatable bonds is 10. The molecule has 1 amide bonds. The molecule has 0 saturated carbocycles. The molecular formula is C19H33N11O. The summed E-state index contributed by atoms with van der Waals surface area (Å²) in [4.78, 5) is 19.7. The van der Waals surface area contributed by atoms with Crippen molar-refractivity contribution in [3.8, 4) is 0 Å². The van der Waals surface area contributed by atoms with E-state index in [-0.39, 0.29) is 11.9 Å². The molecule has 1 aromatic carbocycles. The summed E-state index contributed by atoms with van der Waals surface area (Å²) < 4.78 is 0. The van der Waals surface area contributed by atoms with Gasteiger partial charge in [-0.2, -0.15) is 5.21 Å². The molecule has 0 fully saturated rings. The van der Waals surface area contributed by atoms with E-state index in [0.717, 1.165) is 24.0 Å². The minimum atomic E-state index is -0.591. The normalized spacial score (nSPS) is 12.6. The van der Waals surface area contributed by atoms with Gasteiger partial charge in [-0.05, 0) is 49.5 Å². The molecule has 0 aliphatic carbocycles. The first-order valence-electron chi connectivity index (χ1n) is 9.92. The topological polar surface area (TPSA) is 212 Å². The minimum absolute atomic E-state index is 0.124. The van der Waals surface area contributed by atoms with E-state index < -0.39 is 6.04 Å². The molecule has 0 aliphatic heterocycles. The van der Waals surface area contributed by atoms with Crippen molar-refractivity contribution in [2.24, 2.45) is 32.9 Å². The SMILES string of the molecule is CC(N)=NCCCC[C@H](N)C(=O)Nc1nn[nH]n1.CC(N)=NCc1cccc(CN)c1. The van der Waals surface area contributed by atoms with Gasteiger partial charge in [-0.3, -0.25) is 20.1 Å². The number of nitrogens with zero attached hydrogens (tertiary/aromatic N) is 5. The molecule has 0 radical (unpaired) electrons. The number of anilines is 1. The summed E-state index contributed by atoms with van der Waals surface area (Å²) in [6, 6.07) is 7.46. The van der Waals surface area contributed by atoms with E-state index in [0.29, 0.717) is 37.7 Å². The third-order valence-corrected chi connectivity index (χ3v) is 3.94. The van der Waals surface area contributed by atoms with Crippen LogP contribution >= 0.6 is 0 Å². The van der Waals surface area contributed by atoms with Crippen LogP contribution in [0.2, 0.25) is 0 Å². The summed E-state index contributed by atoms with van der Waals surface area (Å²) in [5.74, 6) is 0.973. The first-order valence-corrected chi connectivity index (χ1v) is 9.92. The molecule has 1 aromatic heterocycles. The fraction of sp³-hybridized carbons (Fsp3) is 0.474. The Morgan fingerprint density at radius 3 is 2.48 bits per heavy atom. The molecule has 0 unspecified atom stereocenters. The summed E-state index contributed by atoms with van der Waals surface area (Å²) in [5, 5.41) is 15.2. The fourth-order valence-corrected chi connectivity index (χ4v) is 2.35. The Hall–Kier alpha value is -3.38. The second-order valence-electron chi connectivity index (χ2n) is 6.83. The maximum atomic E-state index is 11.6. The van der Waals surface area contributed by atoms with Crippen LogP contribution in [0, 0.1) is 0 Å². The van der Waals surface area contributed by atoms with E-state index in [1.807, 2.05) is 24.3 Å². The zero-order chi connectivity index (χ0) is 23.1. The largest absolute Gasteiger partial charge is 0.388 e. The number of hydrogen-bond donors (Lipinski definition) is 6. The van der Waals surface area contributed by atoms with E-state index >= 15 is 0 Å². The lowest BCUT2D eigenvalue weighted by molar-refractivity contribution is -0.117. The Labute approximate surface area is 182 Å². The van der Waals surface area contributed by atoms with Crippen molar-refractivity contribution in [1.82, 2.24) is 20.6 Å². The Morgan fingerprint density at radius 2 is 1.87 bits per heavy atom. The number of nitrogens with one attached hydrogen (secondary N) is 2. The van der Waals surface area contributed by atoms with E-state index in [4.69, 9.17) is 22.9 Å². The monoisotopic (exact) mass is 431 g/mol. The average Bonchev–Trinajstić information content (AvgIpc) is 3.25. The number of unbranched alkanes of at least 4 members (excludes halogenated alkanes) is 1. The smallest absolute Gasteiger partial charge is 0.269 e. The van der Waals surface area contributed by atoms with Crippen molar-refractivity contribution >= 4 is 23.5 Å². The maximum Gasteiger partial charge on any atom is 0.269 e. The van der Waals surface area contributed by atoms with Gasteiger partial charge in [-0.15, -0.1) is 5.10 Å². The van der Waals surface area contributed by atoms with Crippen molar-refractivity contribution in [2.75, 3.05) is 11.9 Å². The Morgan fingerprint density at radius 1 is 1.16 bits per heavy atom. The third-order valence-electron chi connectivity index (χ3n) is 3.94. The molecule has 2 rings (SSSR count). The minimum Gasteiger partial charge on any atom is -0.388 e. The van der Waals surface area contributed by atoms with Gasteiger partial charge in [0.2, 0.25) is 5.91 Å². The summed E-state index contributed by atoms with van der Waals surface area (Å²) >= 11 is 0. The average molecular weight is 432 g/mol. The zero-order valence-corrected chi connectivity index (χ0v) is 18.1. The predicted molar refractivity (Wildman–Crippen MR) is 122 cm³/mol. The number of hydrogen-bond acceptors (Lipinski definition) is 8. The van der Waals surface area contributed by atoms with Gasteiger partial charge in [0.15, 0.2) is 0 Å². The number of aliphatic imine (C=N–C) groups is 2. The standard InChI is InChI=1S/C10H15N3.C9H18N8O/c1-8(12)13-7-10-4-2-3-9(5-10)6-11;1-6(10)12-5-3-2-4-7(11)8(18)13-9-14-16-17-15-9/h2-5H,6-7,11H2,1H3,(H2,12,13);7H,2-5,11H2,1H3,(H2,10,12)(H2,13,14,15,16,17,18)/t;7-/m.0/s1. The quantitative estimate of drug-likeness (QED) is 0.171. The Bertz CT molecular complexity index is 825.